The van der Waals surface area contributed by atoms with E-state index in [1.165, 1.54) is 12.1 Å². The maximum Gasteiger partial charge on any atom is 0.325 e. The fraction of sp³-hybridized carbons (Fsp3) is 0.519. The zero-order valence-corrected chi connectivity index (χ0v) is 21.5. The smallest absolute Gasteiger partial charge is 0.325 e. The van der Waals surface area contributed by atoms with E-state index in [0.29, 0.717) is 31.9 Å². The minimum Gasteiger partial charge on any atom is -0.494 e. The molecule has 1 N–H and O–H groups in total. The molecule has 2 aromatic carbocycles. The molecule has 0 aromatic heterocycles. The number of nitrogens with zero attached hydrogens (tertiary/aromatic N) is 1. The van der Waals surface area contributed by atoms with Crippen LogP contribution in [0.25, 0.3) is 0 Å². The van der Waals surface area contributed by atoms with E-state index in [1.807, 2.05) is 37.3 Å². The molecule has 1 heterocycles. The first kappa shape index (κ1) is 27.0. The maximum atomic E-state index is 13.6. The predicted octanol–water partition coefficient (Wildman–Crippen LogP) is 4.81. The number of hydrogen-bond acceptors (Lipinski definition) is 6. The van der Waals surface area contributed by atoms with Gasteiger partial charge in [-0.25, -0.2) is 8.42 Å². The van der Waals surface area contributed by atoms with Gasteiger partial charge in [0.15, 0.2) is 14.6 Å². The molecule has 0 amide bonds. The molecular formula is C27H37NO6S. The van der Waals surface area contributed by atoms with E-state index in [0.717, 1.165) is 31.6 Å². The third kappa shape index (κ3) is 6.35. The summed E-state index contributed by atoms with van der Waals surface area (Å²) in [5.41, 5.74) is 0. The van der Waals surface area contributed by atoms with Crippen molar-refractivity contribution in [3.63, 3.8) is 0 Å². The van der Waals surface area contributed by atoms with Gasteiger partial charge in [0.1, 0.15) is 11.5 Å². The molecular weight excluding hydrogens is 466 g/mol. The Morgan fingerprint density at radius 1 is 1.00 bits per heavy atom. The highest BCUT2D eigenvalue weighted by molar-refractivity contribution is 7.93. The number of piperidine rings is 1. The van der Waals surface area contributed by atoms with Gasteiger partial charge in [-0.1, -0.05) is 38.5 Å². The normalized spacial score (nSPS) is 20.9. The summed E-state index contributed by atoms with van der Waals surface area (Å²) in [6.07, 6.45) is 3.48. The standard InChI is InChI=1S/C27H37NO6S/c1-3-5-19-33-24-12-14-25(15-13-24)35(31,32)27(26(29)30)16-18-28(22(4-2)21-27)17-9-20-34-23-10-7-6-8-11-23/h6-8,10-15,22H,3-5,9,16-21H2,1-2H3,(H,29,30). The lowest BCUT2D eigenvalue weighted by atomic mass is 9.88. The van der Waals surface area contributed by atoms with Crippen LogP contribution in [0.3, 0.4) is 0 Å². The lowest BCUT2D eigenvalue weighted by Crippen LogP contribution is -2.58. The molecule has 0 radical (unpaired) electrons. The number of carboxylic acids is 1. The quantitative estimate of drug-likeness (QED) is 0.392. The number of hydrogen-bond donors (Lipinski definition) is 1. The molecule has 1 fully saturated rings. The average molecular weight is 504 g/mol. The van der Waals surface area contributed by atoms with E-state index in [2.05, 4.69) is 11.8 Å². The second-order valence-electron chi connectivity index (χ2n) is 9.04. The Bertz CT molecular complexity index is 1040. The Morgan fingerprint density at radius 3 is 2.23 bits per heavy atom. The van der Waals surface area contributed by atoms with E-state index >= 15 is 0 Å². The third-order valence-electron chi connectivity index (χ3n) is 6.76. The Hall–Kier alpha value is -2.58. The van der Waals surface area contributed by atoms with Gasteiger partial charge in [-0.2, -0.15) is 0 Å². The van der Waals surface area contributed by atoms with Gasteiger partial charge in [0.05, 0.1) is 18.1 Å². The van der Waals surface area contributed by atoms with Gasteiger partial charge in [0.2, 0.25) is 0 Å². The van der Waals surface area contributed by atoms with Crippen LogP contribution in [0.5, 0.6) is 11.5 Å². The number of likely N-dealkylation sites (tertiary alicyclic amines) is 1. The monoisotopic (exact) mass is 503 g/mol. The van der Waals surface area contributed by atoms with Crippen LogP contribution in [-0.4, -0.2) is 61.5 Å². The maximum absolute atomic E-state index is 13.6. The van der Waals surface area contributed by atoms with Gasteiger partial charge in [0.25, 0.3) is 0 Å². The molecule has 1 saturated heterocycles. The van der Waals surface area contributed by atoms with Crippen molar-refractivity contribution in [2.24, 2.45) is 0 Å². The van der Waals surface area contributed by atoms with Gasteiger partial charge >= 0.3 is 5.97 Å². The lowest BCUT2D eigenvalue weighted by Gasteiger charge is -2.43. The lowest BCUT2D eigenvalue weighted by molar-refractivity contribution is -0.142. The summed E-state index contributed by atoms with van der Waals surface area (Å²) >= 11 is 0. The van der Waals surface area contributed by atoms with Crippen molar-refractivity contribution in [1.29, 1.82) is 0 Å². The largest absolute Gasteiger partial charge is 0.494 e. The van der Waals surface area contributed by atoms with Crippen LogP contribution in [0.15, 0.2) is 59.5 Å². The first-order valence-electron chi connectivity index (χ1n) is 12.5. The Balaban J connectivity index is 1.68. The van der Waals surface area contributed by atoms with Crippen LogP contribution >= 0.6 is 0 Å². The molecule has 3 rings (SSSR count). The van der Waals surface area contributed by atoms with Crippen molar-refractivity contribution in [1.82, 2.24) is 4.90 Å². The number of unbranched alkanes of at least 4 members (excludes halogenated alkanes) is 1. The fourth-order valence-corrected chi connectivity index (χ4v) is 6.57. The van der Waals surface area contributed by atoms with Crippen LogP contribution in [0.1, 0.15) is 52.4 Å². The first-order valence-corrected chi connectivity index (χ1v) is 13.9. The molecule has 0 spiro atoms. The van der Waals surface area contributed by atoms with E-state index in [9.17, 15) is 18.3 Å². The molecule has 0 bridgehead atoms. The Labute approximate surface area is 209 Å². The highest BCUT2D eigenvalue weighted by Crippen LogP contribution is 2.39. The molecule has 2 unspecified atom stereocenters. The van der Waals surface area contributed by atoms with Crippen molar-refractivity contribution in [2.45, 2.75) is 68.1 Å². The number of carboxylic acid groups (broad SMARTS) is 1. The summed E-state index contributed by atoms with van der Waals surface area (Å²) in [7, 11) is -4.10. The summed E-state index contributed by atoms with van der Waals surface area (Å²) in [5.74, 6) is 0.128. The van der Waals surface area contributed by atoms with Crippen molar-refractivity contribution in [3.05, 3.63) is 54.6 Å². The van der Waals surface area contributed by atoms with Gasteiger partial charge in [-0.3, -0.25) is 4.79 Å². The number of carbonyl (C=O) groups is 1. The molecule has 0 saturated carbocycles. The molecule has 0 aliphatic carbocycles. The van der Waals surface area contributed by atoms with E-state index in [-0.39, 0.29) is 23.8 Å². The van der Waals surface area contributed by atoms with Crippen LogP contribution in [-0.2, 0) is 14.6 Å². The van der Waals surface area contributed by atoms with Gasteiger partial charge in [-0.15, -0.1) is 0 Å². The van der Waals surface area contributed by atoms with Gasteiger partial charge in [-0.05, 0) is 68.5 Å². The molecule has 2 aromatic rings. The number of sulfone groups is 1. The van der Waals surface area contributed by atoms with E-state index in [1.54, 1.807) is 12.1 Å². The summed E-state index contributed by atoms with van der Waals surface area (Å²) in [5, 5.41) is 10.2. The minimum absolute atomic E-state index is 0.0299. The average Bonchev–Trinajstić information content (AvgIpc) is 2.87. The van der Waals surface area contributed by atoms with Crippen molar-refractivity contribution in [3.8, 4) is 11.5 Å². The van der Waals surface area contributed by atoms with Crippen LogP contribution < -0.4 is 9.47 Å². The SMILES string of the molecule is CCCCOc1ccc(S(=O)(=O)C2(C(=O)O)CCN(CCCOc3ccccc3)C(CC)C2)cc1. The highest BCUT2D eigenvalue weighted by atomic mass is 32.2. The second-order valence-corrected chi connectivity index (χ2v) is 11.3. The number of rotatable bonds is 13. The molecule has 2 atom stereocenters. The zero-order chi connectivity index (χ0) is 25.3. The van der Waals surface area contributed by atoms with Crippen molar-refractivity contribution in [2.75, 3.05) is 26.3 Å². The number of ether oxygens (including phenoxy) is 2. The van der Waals surface area contributed by atoms with Gasteiger partial charge < -0.3 is 19.5 Å². The van der Waals surface area contributed by atoms with E-state index < -0.39 is 20.6 Å². The molecule has 1 aliphatic heterocycles. The molecule has 8 heteroatoms. The minimum atomic E-state index is -4.10. The number of benzene rings is 2. The summed E-state index contributed by atoms with van der Waals surface area (Å²) in [6.45, 7) is 6.29. The van der Waals surface area contributed by atoms with Gasteiger partial charge in [0, 0.05) is 19.1 Å². The molecule has 35 heavy (non-hydrogen) atoms. The fourth-order valence-electron chi connectivity index (χ4n) is 4.62. The summed E-state index contributed by atoms with van der Waals surface area (Å²) < 4.78 is 36.9. The Morgan fingerprint density at radius 2 is 1.63 bits per heavy atom. The van der Waals surface area contributed by atoms with Crippen LogP contribution in [0.2, 0.25) is 0 Å². The third-order valence-corrected chi connectivity index (χ3v) is 9.23. The molecule has 192 valence electrons. The predicted molar refractivity (Wildman–Crippen MR) is 136 cm³/mol. The Kier molecular flexibility index (Phi) is 9.57. The van der Waals surface area contributed by atoms with Crippen molar-refractivity contribution >= 4 is 15.8 Å². The van der Waals surface area contributed by atoms with Crippen LogP contribution in [0.4, 0.5) is 0 Å². The topological polar surface area (TPSA) is 93.1 Å². The number of para-hydroxylation sites is 1. The van der Waals surface area contributed by atoms with E-state index in [4.69, 9.17) is 9.47 Å². The second kappa shape index (κ2) is 12.4. The molecule has 7 nitrogen and oxygen atoms in total. The summed E-state index contributed by atoms with van der Waals surface area (Å²) in [4.78, 5) is 14.7. The van der Waals surface area contributed by atoms with Crippen LogP contribution in [0, 0.1) is 0 Å². The summed E-state index contributed by atoms with van der Waals surface area (Å²) in [6, 6.07) is 15.6. The van der Waals surface area contributed by atoms with Crippen molar-refractivity contribution < 1.29 is 27.8 Å². The zero-order valence-electron chi connectivity index (χ0n) is 20.7. The number of aliphatic carboxylic acids is 1. The highest BCUT2D eigenvalue weighted by Gasteiger charge is 2.55. The first-order chi connectivity index (χ1) is 16.8. The molecule has 1 aliphatic rings.